The summed E-state index contributed by atoms with van der Waals surface area (Å²) in [5.74, 6) is -0.450. The molecular weight excluding hydrogens is 484 g/mol. The molecule has 3 aromatic rings. The predicted octanol–water partition coefficient (Wildman–Crippen LogP) is 4.84. The molecule has 0 aliphatic carbocycles. The molecule has 0 saturated heterocycles. The molecule has 1 N–H and O–H groups in total. The van der Waals surface area contributed by atoms with Crippen molar-refractivity contribution >= 4 is 12.5 Å². The lowest BCUT2D eigenvalue weighted by Gasteiger charge is -2.27. The van der Waals surface area contributed by atoms with Gasteiger partial charge < -0.3 is 19.0 Å². The molecule has 188 valence electrons. The van der Waals surface area contributed by atoms with Crippen molar-refractivity contribution in [1.29, 1.82) is 0 Å². The van der Waals surface area contributed by atoms with Crippen LogP contribution in [0.3, 0.4) is 0 Å². The Kier molecular flexibility index (Phi) is 6.73. The number of carbonyl (C=O) groups is 1. The van der Waals surface area contributed by atoms with Gasteiger partial charge in [0.2, 0.25) is 0 Å². The average molecular weight is 504 g/mol. The van der Waals surface area contributed by atoms with Crippen molar-refractivity contribution in [2.45, 2.75) is 11.7 Å². The Morgan fingerprint density at radius 1 is 1.03 bits per heavy atom. The fourth-order valence-electron chi connectivity index (χ4n) is 3.98. The van der Waals surface area contributed by atoms with Gasteiger partial charge in [-0.3, -0.25) is 4.79 Å². The minimum Gasteiger partial charge on any atom is -0.497 e. The van der Waals surface area contributed by atoms with E-state index in [9.17, 15) is 22.4 Å². The summed E-state index contributed by atoms with van der Waals surface area (Å²) in [6.45, 7) is -0.127. The van der Waals surface area contributed by atoms with E-state index in [4.69, 9.17) is 14.2 Å². The Labute approximate surface area is 203 Å². The Morgan fingerprint density at radius 2 is 1.81 bits per heavy atom. The Hall–Kier alpha value is -4.28. The number of nitrogens with zero attached hydrogens (tertiary/aromatic N) is 1. The molecule has 4 rings (SSSR count). The number of hydroxylamine groups is 1. The van der Waals surface area contributed by atoms with Crippen molar-refractivity contribution in [2.75, 3.05) is 20.8 Å². The maximum atomic E-state index is 14.7. The van der Waals surface area contributed by atoms with Crippen LogP contribution >= 0.6 is 0 Å². The summed E-state index contributed by atoms with van der Waals surface area (Å²) in [7, 11) is 2.59. The smallest absolute Gasteiger partial charge is 0.419 e. The van der Waals surface area contributed by atoms with E-state index in [-0.39, 0.29) is 36.0 Å². The molecule has 1 aliphatic heterocycles. The number of benzene rings is 3. The molecule has 7 nitrogen and oxygen atoms in total. The normalized spacial score (nSPS) is 17.1. The van der Waals surface area contributed by atoms with Crippen LogP contribution in [-0.2, 0) is 26.1 Å². The van der Waals surface area contributed by atoms with Gasteiger partial charge in [0.25, 0.3) is 0 Å². The number of amidine groups is 1. The lowest BCUT2D eigenvalue weighted by atomic mass is 9.82. The first-order valence-electron chi connectivity index (χ1n) is 10.5. The van der Waals surface area contributed by atoms with Crippen LogP contribution in [0, 0.1) is 5.82 Å². The minimum absolute atomic E-state index is 0.104. The lowest BCUT2D eigenvalue weighted by molar-refractivity contribution is -0.138. The summed E-state index contributed by atoms with van der Waals surface area (Å²) in [5, 5.41) is 0. The van der Waals surface area contributed by atoms with Crippen LogP contribution in [0.2, 0.25) is 0 Å². The van der Waals surface area contributed by atoms with Crippen LogP contribution in [0.25, 0.3) is 11.1 Å². The van der Waals surface area contributed by atoms with Gasteiger partial charge in [-0.1, -0.05) is 24.3 Å². The number of alkyl halides is 3. The van der Waals surface area contributed by atoms with Gasteiger partial charge in [0.05, 0.1) is 19.8 Å². The van der Waals surface area contributed by atoms with E-state index in [0.29, 0.717) is 16.9 Å². The molecule has 0 saturated carbocycles. The highest BCUT2D eigenvalue weighted by molar-refractivity contribution is 5.77. The second-order valence-corrected chi connectivity index (χ2v) is 7.72. The van der Waals surface area contributed by atoms with Gasteiger partial charge in [0.15, 0.2) is 5.54 Å². The zero-order valence-corrected chi connectivity index (χ0v) is 19.1. The molecule has 0 spiro atoms. The maximum Gasteiger partial charge on any atom is 0.419 e. The summed E-state index contributed by atoms with van der Waals surface area (Å²) >= 11 is 0. The van der Waals surface area contributed by atoms with Crippen LogP contribution in [0.5, 0.6) is 11.5 Å². The molecule has 1 atom stereocenters. The number of hydrogen-bond acceptors (Lipinski definition) is 7. The number of aliphatic imine (C=N–C) groups is 1. The molecule has 1 aliphatic rings. The van der Waals surface area contributed by atoms with Gasteiger partial charge in [-0.05, 0) is 53.1 Å². The third kappa shape index (κ3) is 4.64. The number of methoxy groups -OCH3 is 2. The van der Waals surface area contributed by atoms with E-state index in [0.717, 1.165) is 13.2 Å². The highest BCUT2D eigenvalue weighted by atomic mass is 19.4. The summed E-state index contributed by atoms with van der Waals surface area (Å²) < 4.78 is 71.7. The van der Waals surface area contributed by atoms with Gasteiger partial charge in [0, 0.05) is 5.56 Å². The SMILES string of the molecule is COc1ccc(F)c(-c2cccc(C3(c4ccc(OC)c(C(F)(F)F)c4)COC(NOC=O)=N3)c2)c1. The van der Waals surface area contributed by atoms with Crippen LogP contribution < -0.4 is 15.0 Å². The third-order valence-corrected chi connectivity index (χ3v) is 5.71. The van der Waals surface area contributed by atoms with Gasteiger partial charge in [-0.2, -0.15) is 18.7 Å². The summed E-state index contributed by atoms with van der Waals surface area (Å²) in [4.78, 5) is 19.5. The minimum atomic E-state index is -4.71. The van der Waals surface area contributed by atoms with E-state index in [1.807, 2.05) is 0 Å². The standard InChI is InChI=1S/C25H20F4N2O5/c1-33-18-7-8-21(26)19(12-18)15-4-3-5-16(10-15)24(13-35-23(30-24)31-36-14-32)17-6-9-22(34-2)20(11-17)25(27,28)29/h3-12,14H,13H2,1-2H3,(H,30,31). The average Bonchev–Trinajstić information content (AvgIpc) is 3.32. The molecule has 3 aromatic carbocycles. The number of ether oxygens (including phenoxy) is 3. The molecule has 0 fully saturated rings. The highest BCUT2D eigenvalue weighted by Crippen LogP contribution is 2.44. The van der Waals surface area contributed by atoms with Crippen LogP contribution in [0.4, 0.5) is 17.6 Å². The van der Waals surface area contributed by atoms with Crippen LogP contribution in [0.15, 0.2) is 65.7 Å². The zero-order chi connectivity index (χ0) is 25.9. The van der Waals surface area contributed by atoms with Crippen molar-refractivity contribution in [2.24, 2.45) is 4.99 Å². The van der Waals surface area contributed by atoms with Crippen LogP contribution in [-0.4, -0.2) is 33.3 Å². The first-order valence-corrected chi connectivity index (χ1v) is 10.5. The van der Waals surface area contributed by atoms with E-state index < -0.39 is 23.1 Å². The predicted molar refractivity (Wildman–Crippen MR) is 121 cm³/mol. The molecule has 1 heterocycles. The summed E-state index contributed by atoms with van der Waals surface area (Å²) in [6, 6.07) is 14.1. The van der Waals surface area contributed by atoms with Gasteiger partial charge in [0.1, 0.15) is 23.9 Å². The van der Waals surface area contributed by atoms with Crippen molar-refractivity contribution in [3.63, 3.8) is 0 Å². The molecule has 0 aromatic heterocycles. The monoisotopic (exact) mass is 504 g/mol. The summed E-state index contributed by atoms with van der Waals surface area (Å²) in [5.41, 5.74) is 0.899. The second kappa shape index (κ2) is 9.76. The van der Waals surface area contributed by atoms with E-state index in [1.165, 1.54) is 37.4 Å². The first kappa shape index (κ1) is 24.8. The summed E-state index contributed by atoms with van der Waals surface area (Å²) in [6.07, 6.45) is -4.71. The van der Waals surface area contributed by atoms with E-state index in [1.54, 1.807) is 24.3 Å². The van der Waals surface area contributed by atoms with Gasteiger partial charge in [-0.25, -0.2) is 9.38 Å². The molecule has 1 unspecified atom stereocenters. The molecule has 36 heavy (non-hydrogen) atoms. The quantitative estimate of drug-likeness (QED) is 0.282. The number of halogens is 4. The van der Waals surface area contributed by atoms with Gasteiger partial charge >= 0.3 is 18.7 Å². The first-order chi connectivity index (χ1) is 17.2. The van der Waals surface area contributed by atoms with Gasteiger partial charge in [-0.15, -0.1) is 0 Å². The molecule has 0 bridgehead atoms. The fraction of sp³-hybridized carbons (Fsp3) is 0.200. The lowest BCUT2D eigenvalue weighted by Crippen LogP contribution is -2.28. The van der Waals surface area contributed by atoms with Crippen molar-refractivity contribution in [3.8, 4) is 22.6 Å². The molecule has 0 radical (unpaired) electrons. The highest BCUT2D eigenvalue weighted by Gasteiger charge is 2.43. The zero-order valence-electron chi connectivity index (χ0n) is 19.1. The number of hydrogen-bond donors (Lipinski definition) is 1. The number of rotatable bonds is 7. The molecule has 11 heteroatoms. The van der Waals surface area contributed by atoms with E-state index >= 15 is 0 Å². The van der Waals surface area contributed by atoms with Crippen molar-refractivity contribution in [1.82, 2.24) is 5.48 Å². The Morgan fingerprint density at radius 3 is 2.50 bits per heavy atom. The van der Waals surface area contributed by atoms with Crippen molar-refractivity contribution < 1.29 is 41.4 Å². The second-order valence-electron chi connectivity index (χ2n) is 7.72. The van der Waals surface area contributed by atoms with E-state index in [2.05, 4.69) is 15.3 Å². The number of nitrogens with one attached hydrogen (secondary N) is 1. The topological polar surface area (TPSA) is 78.4 Å². The van der Waals surface area contributed by atoms with Crippen LogP contribution in [0.1, 0.15) is 16.7 Å². The Balaban J connectivity index is 1.91. The largest absolute Gasteiger partial charge is 0.497 e. The van der Waals surface area contributed by atoms with Crippen molar-refractivity contribution in [3.05, 3.63) is 83.2 Å². The third-order valence-electron chi connectivity index (χ3n) is 5.71. The number of carbonyl (C=O) groups excluding carboxylic acids is 1. The maximum absolute atomic E-state index is 14.7. The Bertz CT molecular complexity index is 1310. The molecular formula is C25H20F4N2O5. The fourth-order valence-corrected chi connectivity index (χ4v) is 3.98. The molecule has 0 amide bonds.